The highest BCUT2D eigenvalue weighted by Gasteiger charge is 2.67. The van der Waals surface area contributed by atoms with E-state index < -0.39 is 23.1 Å². The average molecular weight is 554 g/mol. The SMILES string of the molecule is CC(C)CCC[C@@H](C)[C@H]1CC[C@H]2[C@@H]3C[C@@H](Cl)[C@@]4(Cl)C[C@@H](OC(=O)C(F)(F)F)CC[C@]4(C)[C@H]3CC[C@]12C. The van der Waals surface area contributed by atoms with Crippen LogP contribution in [-0.4, -0.2) is 28.5 Å². The zero-order valence-electron chi connectivity index (χ0n) is 22.6. The summed E-state index contributed by atoms with van der Waals surface area (Å²) in [6.07, 6.45) is 4.98. The Morgan fingerprint density at radius 1 is 1.03 bits per heavy atom. The second kappa shape index (κ2) is 10.1. The Morgan fingerprint density at radius 3 is 2.36 bits per heavy atom. The molecule has 0 saturated heterocycles. The van der Waals surface area contributed by atoms with Gasteiger partial charge in [-0.25, -0.2) is 4.79 Å². The summed E-state index contributed by atoms with van der Waals surface area (Å²) in [7, 11) is 0. The number of halogens is 5. The number of hydrogen-bond donors (Lipinski definition) is 0. The smallest absolute Gasteiger partial charge is 0.456 e. The van der Waals surface area contributed by atoms with Gasteiger partial charge < -0.3 is 4.74 Å². The van der Waals surface area contributed by atoms with Gasteiger partial charge in [0.15, 0.2) is 0 Å². The highest BCUT2D eigenvalue weighted by atomic mass is 35.5. The number of rotatable bonds is 6. The van der Waals surface area contributed by atoms with Crippen LogP contribution in [0.4, 0.5) is 13.2 Å². The number of ether oxygens (including phenoxy) is 1. The average Bonchev–Trinajstić information content (AvgIpc) is 3.12. The van der Waals surface area contributed by atoms with Crippen molar-refractivity contribution in [2.45, 2.75) is 128 Å². The Kier molecular flexibility index (Phi) is 8.09. The number of fused-ring (bicyclic) bond motifs is 5. The molecule has 0 aromatic heterocycles. The molecule has 0 aromatic rings. The fourth-order valence-electron chi connectivity index (χ4n) is 9.49. The van der Waals surface area contributed by atoms with Crippen molar-refractivity contribution in [3.05, 3.63) is 0 Å². The molecule has 0 aliphatic heterocycles. The van der Waals surface area contributed by atoms with Gasteiger partial charge in [0.1, 0.15) is 6.10 Å². The minimum atomic E-state index is -4.99. The molecular weight excluding hydrogens is 508 g/mol. The lowest BCUT2D eigenvalue weighted by atomic mass is 9.44. The fourth-order valence-corrected chi connectivity index (χ4v) is 10.5. The van der Waals surface area contributed by atoms with E-state index >= 15 is 0 Å². The first-order chi connectivity index (χ1) is 16.6. The van der Waals surface area contributed by atoms with Crippen molar-refractivity contribution >= 4 is 29.2 Å². The van der Waals surface area contributed by atoms with Gasteiger partial charge in [0.25, 0.3) is 0 Å². The van der Waals surface area contributed by atoms with E-state index in [0.29, 0.717) is 36.0 Å². The molecule has 7 heteroatoms. The summed E-state index contributed by atoms with van der Waals surface area (Å²) in [4.78, 5) is 10.6. The molecule has 2 nitrogen and oxygen atoms in total. The topological polar surface area (TPSA) is 26.3 Å². The van der Waals surface area contributed by atoms with E-state index in [2.05, 4.69) is 34.6 Å². The van der Waals surface area contributed by atoms with E-state index in [4.69, 9.17) is 27.9 Å². The van der Waals surface area contributed by atoms with E-state index in [1.165, 1.54) is 38.5 Å². The second-order valence-corrected chi connectivity index (χ2v) is 14.9. The number of alkyl halides is 5. The Bertz CT molecular complexity index is 819. The molecule has 0 bridgehead atoms. The molecule has 10 atom stereocenters. The zero-order valence-corrected chi connectivity index (χ0v) is 24.1. The van der Waals surface area contributed by atoms with Crippen molar-refractivity contribution in [2.75, 3.05) is 0 Å². The maximum atomic E-state index is 12.8. The highest BCUT2D eigenvalue weighted by molar-refractivity contribution is 6.33. The number of hydrogen-bond acceptors (Lipinski definition) is 2. The van der Waals surface area contributed by atoms with Crippen LogP contribution in [0.5, 0.6) is 0 Å². The molecule has 0 heterocycles. The van der Waals surface area contributed by atoms with Crippen molar-refractivity contribution in [2.24, 2.45) is 46.3 Å². The van der Waals surface area contributed by atoms with Crippen molar-refractivity contribution in [1.29, 1.82) is 0 Å². The van der Waals surface area contributed by atoms with Crippen LogP contribution in [0.15, 0.2) is 0 Å². The van der Waals surface area contributed by atoms with Crippen molar-refractivity contribution in [3.8, 4) is 0 Å². The zero-order chi connectivity index (χ0) is 26.7. The van der Waals surface area contributed by atoms with Crippen LogP contribution in [-0.2, 0) is 9.53 Å². The van der Waals surface area contributed by atoms with E-state index in [1.54, 1.807) is 0 Å². The standard InChI is InChI=1S/C29H45Cl2F3O2/c1-17(2)7-6-8-18(3)21-9-10-22-20-15-24(30)28(31)16-19(36-25(35)29(32,33)34)11-14-27(28,5)23(20)12-13-26(21,22)4/h17-24H,6-16H2,1-5H3/t18-,19+,20+,21-,22+,23+,24-,26-,27-,28+/m1/s1. The largest absolute Gasteiger partial charge is 0.490 e. The Labute approximate surface area is 225 Å². The van der Waals surface area contributed by atoms with Crippen LogP contribution < -0.4 is 0 Å². The first-order valence-electron chi connectivity index (χ1n) is 14.2. The number of carbonyl (C=O) groups excluding carboxylic acids is 1. The Morgan fingerprint density at radius 2 is 1.72 bits per heavy atom. The van der Waals surface area contributed by atoms with Crippen LogP contribution in [0.25, 0.3) is 0 Å². The lowest BCUT2D eigenvalue weighted by molar-refractivity contribution is -0.209. The monoisotopic (exact) mass is 552 g/mol. The molecule has 0 amide bonds. The maximum absolute atomic E-state index is 12.8. The molecule has 0 N–H and O–H groups in total. The van der Waals surface area contributed by atoms with Crippen LogP contribution >= 0.6 is 23.2 Å². The summed E-state index contributed by atoms with van der Waals surface area (Å²) in [5.74, 6) is 1.66. The molecule has 4 fully saturated rings. The molecular formula is C29H45Cl2F3O2. The number of carbonyl (C=O) groups is 1. The van der Waals surface area contributed by atoms with Gasteiger partial charge in [-0.1, -0.05) is 53.9 Å². The quantitative estimate of drug-likeness (QED) is 0.242. The summed E-state index contributed by atoms with van der Waals surface area (Å²) in [5.41, 5.74) is 0.0600. The van der Waals surface area contributed by atoms with E-state index in [1.807, 2.05) is 0 Å². The van der Waals surface area contributed by atoms with Gasteiger partial charge in [-0.2, -0.15) is 13.2 Å². The first kappa shape index (κ1) is 28.8. The molecule has 4 aliphatic rings. The maximum Gasteiger partial charge on any atom is 0.490 e. The molecule has 4 rings (SSSR count). The molecule has 0 aromatic carbocycles. The van der Waals surface area contributed by atoms with Crippen LogP contribution in [0, 0.1) is 46.3 Å². The van der Waals surface area contributed by atoms with E-state index in [9.17, 15) is 18.0 Å². The number of esters is 1. The van der Waals surface area contributed by atoms with Gasteiger partial charge in [-0.05, 0) is 91.3 Å². The van der Waals surface area contributed by atoms with Gasteiger partial charge in [-0.15, -0.1) is 23.2 Å². The molecule has 0 radical (unpaired) electrons. The molecule has 0 unspecified atom stereocenters. The third-order valence-corrected chi connectivity index (χ3v) is 12.9. The van der Waals surface area contributed by atoms with Crippen LogP contribution in [0.2, 0.25) is 0 Å². The predicted molar refractivity (Wildman–Crippen MR) is 139 cm³/mol. The lowest BCUT2D eigenvalue weighted by Crippen LogP contribution is -2.65. The minimum Gasteiger partial charge on any atom is -0.456 e. The summed E-state index contributed by atoms with van der Waals surface area (Å²) in [6, 6.07) is 0. The summed E-state index contributed by atoms with van der Waals surface area (Å²) >= 11 is 14.4. The third kappa shape index (κ3) is 4.84. The van der Waals surface area contributed by atoms with Gasteiger partial charge in [-0.3, -0.25) is 0 Å². The molecule has 4 aliphatic carbocycles. The second-order valence-electron chi connectivity index (χ2n) is 13.7. The molecule has 0 spiro atoms. The summed E-state index contributed by atoms with van der Waals surface area (Å²) < 4.78 is 43.3. The summed E-state index contributed by atoms with van der Waals surface area (Å²) in [5, 5.41) is -0.345. The lowest BCUT2D eigenvalue weighted by Gasteiger charge is -2.65. The van der Waals surface area contributed by atoms with Crippen molar-refractivity contribution in [1.82, 2.24) is 0 Å². The predicted octanol–water partition coefficient (Wildman–Crippen LogP) is 9.16. The summed E-state index contributed by atoms with van der Waals surface area (Å²) in [6.45, 7) is 11.8. The first-order valence-corrected chi connectivity index (χ1v) is 15.1. The van der Waals surface area contributed by atoms with Crippen LogP contribution in [0.1, 0.15) is 105 Å². The highest BCUT2D eigenvalue weighted by Crippen LogP contribution is 2.71. The fraction of sp³-hybridized carbons (Fsp3) is 0.966. The van der Waals surface area contributed by atoms with Crippen molar-refractivity contribution < 1.29 is 22.7 Å². The van der Waals surface area contributed by atoms with Crippen molar-refractivity contribution in [3.63, 3.8) is 0 Å². The molecule has 208 valence electrons. The van der Waals surface area contributed by atoms with Gasteiger partial charge in [0.2, 0.25) is 0 Å². The Balaban J connectivity index is 1.49. The molecule has 4 saturated carbocycles. The Hall–Kier alpha value is -0.160. The normalized spacial score (nSPS) is 45.5. The van der Waals surface area contributed by atoms with Gasteiger partial charge >= 0.3 is 12.1 Å². The van der Waals surface area contributed by atoms with Gasteiger partial charge in [0.05, 0.1) is 10.3 Å². The third-order valence-electron chi connectivity index (χ3n) is 11.4. The van der Waals surface area contributed by atoms with E-state index in [-0.39, 0.29) is 17.2 Å². The molecule has 36 heavy (non-hydrogen) atoms. The van der Waals surface area contributed by atoms with Crippen LogP contribution in [0.3, 0.4) is 0 Å². The minimum absolute atomic E-state index is 0.196. The van der Waals surface area contributed by atoms with E-state index in [0.717, 1.165) is 30.6 Å². The van der Waals surface area contributed by atoms with Gasteiger partial charge in [0, 0.05) is 6.42 Å².